The second kappa shape index (κ2) is 5.49. The highest BCUT2D eigenvalue weighted by Crippen LogP contribution is 2.25. The van der Waals surface area contributed by atoms with Gasteiger partial charge in [-0.05, 0) is 24.9 Å². The molecular formula is C11H14ClN5S. The zero-order valence-corrected chi connectivity index (χ0v) is 11.7. The zero-order chi connectivity index (χ0) is 13.1. The van der Waals surface area contributed by atoms with Gasteiger partial charge in [0.05, 0.1) is 17.9 Å². The molecule has 0 radical (unpaired) electrons. The van der Waals surface area contributed by atoms with E-state index in [-0.39, 0.29) is 11.3 Å². The number of thiazole rings is 1. The van der Waals surface area contributed by atoms with Crippen molar-refractivity contribution in [2.75, 3.05) is 11.1 Å². The minimum Gasteiger partial charge on any atom is -0.394 e. The monoisotopic (exact) mass is 283 g/mol. The van der Waals surface area contributed by atoms with Crippen molar-refractivity contribution in [3.8, 4) is 0 Å². The smallest absolute Gasteiger partial charge is 0.224 e. The molecule has 2 aromatic rings. The van der Waals surface area contributed by atoms with Crippen LogP contribution in [-0.2, 0) is 6.42 Å². The van der Waals surface area contributed by atoms with Gasteiger partial charge in [0.2, 0.25) is 5.28 Å². The Bertz CT molecular complexity index is 542. The maximum absolute atomic E-state index is 5.78. The average molecular weight is 284 g/mol. The molecule has 2 rings (SSSR count). The van der Waals surface area contributed by atoms with Crippen LogP contribution in [0.3, 0.4) is 0 Å². The molecule has 2 heterocycles. The van der Waals surface area contributed by atoms with Gasteiger partial charge < -0.3 is 11.1 Å². The lowest BCUT2D eigenvalue weighted by molar-refractivity contribution is 0.859. The van der Waals surface area contributed by atoms with E-state index in [9.17, 15) is 0 Å². The summed E-state index contributed by atoms with van der Waals surface area (Å²) in [7, 11) is 0. The molecule has 0 aliphatic heterocycles. The average Bonchev–Trinajstić information content (AvgIpc) is 2.82. The molecule has 0 aliphatic rings. The van der Waals surface area contributed by atoms with Crippen molar-refractivity contribution in [1.29, 1.82) is 0 Å². The zero-order valence-electron chi connectivity index (χ0n) is 10.1. The molecule has 1 atom stereocenters. The Labute approximate surface area is 114 Å². The fraction of sp³-hybridized carbons (Fsp3) is 0.364. The first-order chi connectivity index (χ1) is 8.60. The first-order valence-corrected chi connectivity index (χ1v) is 6.78. The van der Waals surface area contributed by atoms with Crippen LogP contribution >= 0.6 is 22.9 Å². The molecule has 0 aromatic carbocycles. The number of nitrogen functional groups attached to an aromatic ring is 1. The molecule has 1 unspecified atom stereocenters. The van der Waals surface area contributed by atoms with Crippen LogP contribution in [0.5, 0.6) is 0 Å². The van der Waals surface area contributed by atoms with Crippen LogP contribution in [0.15, 0.2) is 12.4 Å². The Kier molecular flexibility index (Phi) is 3.98. The second-order valence-corrected chi connectivity index (χ2v) is 5.31. The lowest BCUT2D eigenvalue weighted by atomic mass is 10.3. The minimum atomic E-state index is 0.0311. The summed E-state index contributed by atoms with van der Waals surface area (Å²) < 4.78 is 0. The minimum absolute atomic E-state index is 0.0311. The van der Waals surface area contributed by atoms with Crippen molar-refractivity contribution in [3.05, 3.63) is 27.6 Å². The van der Waals surface area contributed by atoms with Crippen molar-refractivity contribution in [2.24, 2.45) is 0 Å². The van der Waals surface area contributed by atoms with E-state index in [1.807, 2.05) is 13.1 Å². The lowest BCUT2D eigenvalue weighted by Crippen LogP contribution is -2.10. The second-order valence-electron chi connectivity index (χ2n) is 3.83. The summed E-state index contributed by atoms with van der Waals surface area (Å²) in [6.07, 6.45) is 4.38. The number of nitrogens with one attached hydrogen (secondary N) is 1. The fourth-order valence-corrected chi connectivity index (χ4v) is 2.43. The highest BCUT2D eigenvalue weighted by Gasteiger charge is 2.12. The summed E-state index contributed by atoms with van der Waals surface area (Å²) in [6, 6.07) is 0.0311. The van der Waals surface area contributed by atoms with Crippen LogP contribution in [-0.4, -0.2) is 15.0 Å². The van der Waals surface area contributed by atoms with Gasteiger partial charge in [-0.25, -0.2) is 9.97 Å². The summed E-state index contributed by atoms with van der Waals surface area (Å²) in [4.78, 5) is 13.5. The van der Waals surface area contributed by atoms with E-state index >= 15 is 0 Å². The first kappa shape index (κ1) is 13.0. The SMILES string of the molecule is CCc1cnc(C(C)Nc2nc(Cl)ncc2N)s1. The van der Waals surface area contributed by atoms with Gasteiger partial charge in [-0.2, -0.15) is 4.98 Å². The van der Waals surface area contributed by atoms with E-state index in [1.54, 1.807) is 11.3 Å². The fourth-order valence-electron chi connectivity index (χ4n) is 1.44. The summed E-state index contributed by atoms with van der Waals surface area (Å²) in [5.74, 6) is 0.538. The number of anilines is 2. The highest BCUT2D eigenvalue weighted by molar-refractivity contribution is 7.11. The van der Waals surface area contributed by atoms with E-state index in [4.69, 9.17) is 17.3 Å². The number of nitrogens with two attached hydrogens (primary N) is 1. The number of hydrogen-bond acceptors (Lipinski definition) is 6. The normalized spacial score (nSPS) is 12.4. The predicted octanol–water partition coefficient (Wildman–Crippen LogP) is 2.90. The van der Waals surface area contributed by atoms with Gasteiger partial charge in [0, 0.05) is 11.1 Å². The number of hydrogen-bond donors (Lipinski definition) is 2. The molecule has 5 nitrogen and oxygen atoms in total. The standard InChI is InChI=1S/C11H14ClN5S/c1-3-7-4-14-10(18-7)6(2)16-9-8(13)5-15-11(12)17-9/h4-6H,3,13H2,1-2H3,(H,15,16,17). The van der Waals surface area contributed by atoms with Gasteiger partial charge >= 0.3 is 0 Å². The molecule has 96 valence electrons. The Morgan fingerprint density at radius 3 is 2.89 bits per heavy atom. The Morgan fingerprint density at radius 1 is 1.44 bits per heavy atom. The van der Waals surface area contributed by atoms with Crippen LogP contribution in [0.4, 0.5) is 11.5 Å². The van der Waals surface area contributed by atoms with Crippen LogP contribution in [0, 0.1) is 0 Å². The van der Waals surface area contributed by atoms with Crippen LogP contribution < -0.4 is 11.1 Å². The van der Waals surface area contributed by atoms with E-state index < -0.39 is 0 Å². The number of aromatic nitrogens is 3. The molecule has 18 heavy (non-hydrogen) atoms. The lowest BCUT2D eigenvalue weighted by Gasteiger charge is -2.13. The van der Waals surface area contributed by atoms with Crippen molar-refractivity contribution in [1.82, 2.24) is 15.0 Å². The van der Waals surface area contributed by atoms with Gasteiger partial charge in [-0.1, -0.05) is 6.92 Å². The molecule has 0 saturated heterocycles. The Balaban J connectivity index is 2.15. The third-order valence-electron chi connectivity index (χ3n) is 2.43. The maximum Gasteiger partial charge on any atom is 0.224 e. The van der Waals surface area contributed by atoms with E-state index in [2.05, 4.69) is 27.2 Å². The maximum atomic E-state index is 5.78. The van der Waals surface area contributed by atoms with E-state index in [0.29, 0.717) is 11.5 Å². The molecule has 0 bridgehead atoms. The number of halogens is 1. The third-order valence-corrected chi connectivity index (χ3v) is 3.94. The van der Waals surface area contributed by atoms with Gasteiger partial charge in [0.25, 0.3) is 0 Å². The summed E-state index contributed by atoms with van der Waals surface area (Å²) >= 11 is 7.42. The van der Waals surface area contributed by atoms with Gasteiger partial charge in [-0.15, -0.1) is 11.3 Å². The van der Waals surface area contributed by atoms with Gasteiger partial charge in [0.1, 0.15) is 5.01 Å². The quantitative estimate of drug-likeness (QED) is 0.844. The molecule has 0 spiro atoms. The molecule has 0 saturated carbocycles. The molecule has 3 N–H and O–H groups in total. The summed E-state index contributed by atoms with van der Waals surface area (Å²) in [6.45, 7) is 4.12. The van der Waals surface area contributed by atoms with Crippen LogP contribution in [0.1, 0.15) is 29.8 Å². The topological polar surface area (TPSA) is 76.7 Å². The number of rotatable bonds is 4. The van der Waals surface area contributed by atoms with Crippen LogP contribution in [0.25, 0.3) is 0 Å². The Morgan fingerprint density at radius 2 is 2.22 bits per heavy atom. The van der Waals surface area contributed by atoms with Gasteiger partial charge in [0.15, 0.2) is 5.82 Å². The van der Waals surface area contributed by atoms with Crippen molar-refractivity contribution >= 4 is 34.4 Å². The largest absolute Gasteiger partial charge is 0.394 e. The third kappa shape index (κ3) is 2.88. The Hall–Kier alpha value is -1.40. The molecule has 2 aromatic heterocycles. The summed E-state index contributed by atoms with van der Waals surface area (Å²) in [5, 5.41) is 4.37. The molecular weight excluding hydrogens is 270 g/mol. The first-order valence-electron chi connectivity index (χ1n) is 5.59. The molecule has 0 amide bonds. The van der Waals surface area contributed by atoms with E-state index in [1.165, 1.54) is 11.1 Å². The molecule has 0 aliphatic carbocycles. The summed E-state index contributed by atoms with van der Waals surface area (Å²) in [5.41, 5.74) is 6.25. The highest BCUT2D eigenvalue weighted by atomic mass is 35.5. The van der Waals surface area contributed by atoms with Gasteiger partial charge in [-0.3, -0.25) is 0 Å². The van der Waals surface area contributed by atoms with Crippen molar-refractivity contribution < 1.29 is 0 Å². The molecule has 0 fully saturated rings. The molecule has 7 heteroatoms. The van der Waals surface area contributed by atoms with Crippen molar-refractivity contribution in [2.45, 2.75) is 26.3 Å². The van der Waals surface area contributed by atoms with Crippen LogP contribution in [0.2, 0.25) is 5.28 Å². The van der Waals surface area contributed by atoms with Crippen molar-refractivity contribution in [3.63, 3.8) is 0 Å². The predicted molar refractivity (Wildman–Crippen MR) is 75.0 cm³/mol. The number of nitrogens with zero attached hydrogens (tertiary/aromatic N) is 3. The van der Waals surface area contributed by atoms with E-state index in [0.717, 1.165) is 11.4 Å². The number of aryl methyl sites for hydroxylation is 1.